The Hall–Kier alpha value is -1.25. The fourth-order valence-electron chi connectivity index (χ4n) is 2.55. The van der Waals surface area contributed by atoms with E-state index in [1.165, 1.54) is 38.5 Å². The maximum absolute atomic E-state index is 12.6. The molecule has 0 radical (unpaired) electrons. The van der Waals surface area contributed by atoms with E-state index in [9.17, 15) is 4.79 Å². The van der Waals surface area contributed by atoms with E-state index in [0.717, 1.165) is 37.3 Å². The second kappa shape index (κ2) is 10.5. The molecule has 0 aromatic carbocycles. The zero-order valence-corrected chi connectivity index (χ0v) is 14.0. The summed E-state index contributed by atoms with van der Waals surface area (Å²) in [5.74, 6) is 0.862. The number of nitrogens with zero attached hydrogens (tertiary/aromatic N) is 1. The van der Waals surface area contributed by atoms with Crippen molar-refractivity contribution in [2.24, 2.45) is 0 Å². The zero-order valence-electron chi connectivity index (χ0n) is 14.0. The molecule has 0 unspecified atom stereocenters. The molecule has 1 aromatic heterocycles. The summed E-state index contributed by atoms with van der Waals surface area (Å²) >= 11 is 0. The van der Waals surface area contributed by atoms with Gasteiger partial charge < -0.3 is 9.32 Å². The molecule has 0 atom stereocenters. The molecule has 0 aliphatic carbocycles. The van der Waals surface area contributed by atoms with E-state index < -0.39 is 0 Å². The van der Waals surface area contributed by atoms with E-state index in [-0.39, 0.29) is 5.91 Å². The predicted molar refractivity (Wildman–Crippen MR) is 87.6 cm³/mol. The fourth-order valence-corrected chi connectivity index (χ4v) is 2.55. The third-order valence-corrected chi connectivity index (χ3v) is 3.94. The summed E-state index contributed by atoms with van der Waals surface area (Å²) in [7, 11) is 0. The molecular weight excluding hydrogens is 262 g/mol. The summed E-state index contributed by atoms with van der Waals surface area (Å²) in [6.07, 6.45) is 11.2. The van der Waals surface area contributed by atoms with Gasteiger partial charge in [-0.1, -0.05) is 52.4 Å². The van der Waals surface area contributed by atoms with Gasteiger partial charge in [-0.25, -0.2) is 0 Å². The number of rotatable bonds is 11. The van der Waals surface area contributed by atoms with Crippen molar-refractivity contribution in [3.8, 4) is 0 Å². The van der Waals surface area contributed by atoms with Gasteiger partial charge in [0.15, 0.2) is 0 Å². The summed E-state index contributed by atoms with van der Waals surface area (Å²) in [6, 6.07) is 1.79. The third kappa shape index (κ3) is 6.36. The van der Waals surface area contributed by atoms with Crippen LogP contribution in [0.2, 0.25) is 0 Å². The van der Waals surface area contributed by atoms with Gasteiger partial charge in [-0.05, 0) is 25.8 Å². The molecule has 3 nitrogen and oxygen atoms in total. The van der Waals surface area contributed by atoms with Crippen molar-refractivity contribution >= 4 is 5.91 Å². The quantitative estimate of drug-likeness (QED) is 0.526. The molecule has 1 amide bonds. The normalized spacial score (nSPS) is 10.8. The molecule has 1 aromatic rings. The van der Waals surface area contributed by atoms with Gasteiger partial charge >= 0.3 is 0 Å². The first kappa shape index (κ1) is 17.8. The highest BCUT2D eigenvalue weighted by Gasteiger charge is 2.18. The van der Waals surface area contributed by atoms with Gasteiger partial charge in [0.1, 0.15) is 5.76 Å². The second-order valence-corrected chi connectivity index (χ2v) is 5.80. The number of furan rings is 1. The lowest BCUT2D eigenvalue weighted by molar-refractivity contribution is 0.0747. The predicted octanol–water partition coefficient (Wildman–Crippen LogP) is 5.19. The van der Waals surface area contributed by atoms with Gasteiger partial charge in [-0.2, -0.15) is 0 Å². The van der Waals surface area contributed by atoms with Crippen molar-refractivity contribution in [3.05, 3.63) is 23.7 Å². The van der Waals surface area contributed by atoms with Crippen LogP contribution >= 0.6 is 0 Å². The Morgan fingerprint density at radius 3 is 2.00 bits per heavy atom. The fraction of sp³-hybridized carbons (Fsp3) is 0.722. The minimum absolute atomic E-state index is 0.134. The molecule has 0 spiro atoms. The van der Waals surface area contributed by atoms with Crippen molar-refractivity contribution in [2.45, 2.75) is 72.1 Å². The first-order chi connectivity index (χ1) is 10.2. The second-order valence-electron chi connectivity index (χ2n) is 5.80. The maximum atomic E-state index is 12.6. The first-order valence-electron chi connectivity index (χ1n) is 8.54. The van der Waals surface area contributed by atoms with E-state index in [0.29, 0.717) is 0 Å². The molecule has 0 N–H and O–H groups in total. The van der Waals surface area contributed by atoms with Gasteiger partial charge in [0, 0.05) is 13.1 Å². The Bertz CT molecular complexity index is 386. The number of amides is 1. The lowest BCUT2D eigenvalue weighted by Crippen LogP contribution is -2.33. The topological polar surface area (TPSA) is 33.5 Å². The van der Waals surface area contributed by atoms with Crippen molar-refractivity contribution in [1.82, 2.24) is 4.90 Å². The lowest BCUT2D eigenvalue weighted by Gasteiger charge is -2.22. The van der Waals surface area contributed by atoms with Crippen LogP contribution in [0.4, 0.5) is 0 Å². The third-order valence-electron chi connectivity index (χ3n) is 3.94. The van der Waals surface area contributed by atoms with Crippen molar-refractivity contribution in [2.75, 3.05) is 13.1 Å². The Morgan fingerprint density at radius 1 is 1.00 bits per heavy atom. The molecule has 120 valence electrons. The molecule has 3 heteroatoms. The summed E-state index contributed by atoms with van der Waals surface area (Å²) in [4.78, 5) is 14.6. The van der Waals surface area contributed by atoms with Crippen LogP contribution in [0.1, 0.15) is 81.3 Å². The van der Waals surface area contributed by atoms with Crippen LogP contribution in [0, 0.1) is 6.92 Å². The lowest BCUT2D eigenvalue weighted by atomic mass is 10.1. The standard InChI is InChI=1S/C18H31NO2/c1-4-6-8-10-13-19(14-11-9-7-5-2)18(20)17-12-15-21-16(17)3/h12,15H,4-11,13-14H2,1-3H3. The van der Waals surface area contributed by atoms with E-state index in [1.54, 1.807) is 12.3 Å². The molecular formula is C18H31NO2. The molecule has 0 aliphatic rings. The zero-order chi connectivity index (χ0) is 15.5. The molecule has 1 rings (SSSR count). The molecule has 21 heavy (non-hydrogen) atoms. The van der Waals surface area contributed by atoms with Gasteiger partial charge in [0.2, 0.25) is 0 Å². The van der Waals surface area contributed by atoms with Crippen molar-refractivity contribution in [1.29, 1.82) is 0 Å². The average Bonchev–Trinajstić information content (AvgIpc) is 2.91. The minimum Gasteiger partial charge on any atom is -0.469 e. The van der Waals surface area contributed by atoms with Crippen LogP contribution in [0.25, 0.3) is 0 Å². The molecule has 0 aliphatic heterocycles. The summed E-state index contributed by atoms with van der Waals surface area (Å²) < 4.78 is 5.27. The highest BCUT2D eigenvalue weighted by Crippen LogP contribution is 2.14. The summed E-state index contributed by atoms with van der Waals surface area (Å²) in [6.45, 7) is 8.02. The largest absolute Gasteiger partial charge is 0.469 e. The van der Waals surface area contributed by atoms with Gasteiger partial charge in [0.05, 0.1) is 11.8 Å². The van der Waals surface area contributed by atoms with E-state index in [4.69, 9.17) is 4.42 Å². The Kier molecular flexibility index (Phi) is 8.88. The van der Waals surface area contributed by atoms with E-state index in [1.807, 2.05) is 11.8 Å². The maximum Gasteiger partial charge on any atom is 0.257 e. The molecule has 1 heterocycles. The van der Waals surface area contributed by atoms with Crippen LogP contribution in [-0.2, 0) is 0 Å². The molecule has 0 saturated carbocycles. The molecule has 0 fully saturated rings. The number of carbonyl (C=O) groups is 1. The number of hydrogen-bond acceptors (Lipinski definition) is 2. The average molecular weight is 293 g/mol. The number of hydrogen-bond donors (Lipinski definition) is 0. The first-order valence-corrected chi connectivity index (χ1v) is 8.54. The van der Waals surface area contributed by atoms with Gasteiger partial charge in [0.25, 0.3) is 5.91 Å². The molecule has 0 saturated heterocycles. The summed E-state index contributed by atoms with van der Waals surface area (Å²) in [5, 5.41) is 0. The minimum atomic E-state index is 0.134. The number of unbranched alkanes of at least 4 members (excludes halogenated alkanes) is 6. The van der Waals surface area contributed by atoms with Gasteiger partial charge in [-0.15, -0.1) is 0 Å². The van der Waals surface area contributed by atoms with Crippen LogP contribution in [0.5, 0.6) is 0 Å². The highest BCUT2D eigenvalue weighted by molar-refractivity contribution is 5.95. The van der Waals surface area contributed by atoms with Crippen molar-refractivity contribution < 1.29 is 9.21 Å². The SMILES string of the molecule is CCCCCCN(CCCCCC)C(=O)c1ccoc1C. The van der Waals surface area contributed by atoms with E-state index >= 15 is 0 Å². The molecule has 0 bridgehead atoms. The Morgan fingerprint density at radius 2 is 1.57 bits per heavy atom. The van der Waals surface area contributed by atoms with Crippen LogP contribution < -0.4 is 0 Å². The van der Waals surface area contributed by atoms with Crippen LogP contribution in [0.3, 0.4) is 0 Å². The van der Waals surface area contributed by atoms with Crippen LogP contribution in [-0.4, -0.2) is 23.9 Å². The Labute approximate surface area is 129 Å². The van der Waals surface area contributed by atoms with E-state index in [2.05, 4.69) is 13.8 Å². The van der Waals surface area contributed by atoms with Gasteiger partial charge in [-0.3, -0.25) is 4.79 Å². The Balaban J connectivity index is 2.53. The van der Waals surface area contributed by atoms with Crippen LogP contribution in [0.15, 0.2) is 16.7 Å². The smallest absolute Gasteiger partial charge is 0.257 e. The summed E-state index contributed by atoms with van der Waals surface area (Å²) in [5.41, 5.74) is 0.723. The highest BCUT2D eigenvalue weighted by atomic mass is 16.3. The monoisotopic (exact) mass is 293 g/mol. The number of aryl methyl sites for hydroxylation is 1. The number of carbonyl (C=O) groups excluding carboxylic acids is 1. The van der Waals surface area contributed by atoms with Crippen molar-refractivity contribution in [3.63, 3.8) is 0 Å².